The smallest absolute Gasteiger partial charge is 0.111 e. The normalized spacial score (nSPS) is 18.2. The first-order chi connectivity index (χ1) is 9.80. The summed E-state index contributed by atoms with van der Waals surface area (Å²) in [6, 6.07) is 10.5. The van der Waals surface area contributed by atoms with Gasteiger partial charge in [-0.15, -0.1) is 0 Å². The SMILES string of the molecule is CC[C@H]1C=C(c2ccccc2)C=CN=C1N(CC)CC. The van der Waals surface area contributed by atoms with Crippen molar-refractivity contribution in [3.05, 3.63) is 54.2 Å². The van der Waals surface area contributed by atoms with Crippen LogP contribution >= 0.6 is 0 Å². The van der Waals surface area contributed by atoms with Crippen molar-refractivity contribution in [1.29, 1.82) is 0 Å². The first-order valence-electron chi connectivity index (χ1n) is 7.56. The molecule has 1 aliphatic rings. The first-order valence-corrected chi connectivity index (χ1v) is 7.56. The van der Waals surface area contributed by atoms with Gasteiger partial charge in [-0.1, -0.05) is 43.3 Å². The van der Waals surface area contributed by atoms with Crippen LogP contribution in [0.25, 0.3) is 5.57 Å². The van der Waals surface area contributed by atoms with Gasteiger partial charge in [0, 0.05) is 25.2 Å². The Morgan fingerprint density at radius 1 is 1.05 bits per heavy atom. The second kappa shape index (κ2) is 7.09. The minimum absolute atomic E-state index is 0.389. The van der Waals surface area contributed by atoms with Crippen molar-refractivity contribution in [3.63, 3.8) is 0 Å². The van der Waals surface area contributed by atoms with E-state index in [1.165, 1.54) is 17.0 Å². The van der Waals surface area contributed by atoms with Crippen LogP contribution < -0.4 is 0 Å². The number of rotatable bonds is 4. The number of hydrogen-bond acceptors (Lipinski definition) is 2. The van der Waals surface area contributed by atoms with Crippen LogP contribution in [0.15, 0.2) is 53.7 Å². The summed E-state index contributed by atoms with van der Waals surface area (Å²) in [5, 5.41) is 0. The third-order valence-corrected chi connectivity index (χ3v) is 3.81. The summed E-state index contributed by atoms with van der Waals surface area (Å²) < 4.78 is 0. The number of hydrogen-bond donors (Lipinski definition) is 0. The molecule has 2 rings (SSSR count). The van der Waals surface area contributed by atoms with E-state index >= 15 is 0 Å². The van der Waals surface area contributed by atoms with Crippen molar-refractivity contribution >= 4 is 11.4 Å². The summed E-state index contributed by atoms with van der Waals surface area (Å²) in [6.07, 6.45) is 7.50. The van der Waals surface area contributed by atoms with Crippen molar-refractivity contribution in [1.82, 2.24) is 4.90 Å². The first kappa shape index (κ1) is 14.6. The lowest BCUT2D eigenvalue weighted by atomic mass is 9.97. The third-order valence-electron chi connectivity index (χ3n) is 3.81. The summed E-state index contributed by atoms with van der Waals surface area (Å²) in [4.78, 5) is 7.05. The molecule has 0 N–H and O–H groups in total. The lowest BCUT2D eigenvalue weighted by Gasteiger charge is -2.26. The maximum atomic E-state index is 4.70. The maximum absolute atomic E-state index is 4.70. The molecular weight excluding hydrogens is 244 g/mol. The largest absolute Gasteiger partial charge is 0.360 e. The highest BCUT2D eigenvalue weighted by Gasteiger charge is 2.18. The monoisotopic (exact) mass is 268 g/mol. The Bertz CT molecular complexity index is 507. The van der Waals surface area contributed by atoms with E-state index in [1.807, 2.05) is 6.20 Å². The molecule has 0 saturated heterocycles. The van der Waals surface area contributed by atoms with Crippen molar-refractivity contribution in [3.8, 4) is 0 Å². The van der Waals surface area contributed by atoms with E-state index in [0.29, 0.717) is 5.92 Å². The zero-order valence-corrected chi connectivity index (χ0v) is 12.7. The van der Waals surface area contributed by atoms with Gasteiger partial charge >= 0.3 is 0 Å². The maximum Gasteiger partial charge on any atom is 0.111 e. The molecule has 1 heterocycles. The molecule has 1 aromatic rings. The molecule has 20 heavy (non-hydrogen) atoms. The van der Waals surface area contributed by atoms with Gasteiger partial charge in [-0.05, 0) is 37.5 Å². The molecule has 0 bridgehead atoms. The quantitative estimate of drug-likeness (QED) is 0.792. The molecule has 0 amide bonds. The predicted molar refractivity (Wildman–Crippen MR) is 87.7 cm³/mol. The Hall–Kier alpha value is -1.83. The van der Waals surface area contributed by atoms with Crippen molar-refractivity contribution in [2.45, 2.75) is 27.2 Å². The predicted octanol–water partition coefficient (Wildman–Crippen LogP) is 4.36. The van der Waals surface area contributed by atoms with Gasteiger partial charge in [-0.3, -0.25) is 0 Å². The highest BCUT2D eigenvalue weighted by atomic mass is 15.2. The highest BCUT2D eigenvalue weighted by Crippen LogP contribution is 2.24. The van der Waals surface area contributed by atoms with E-state index in [1.54, 1.807) is 0 Å². The zero-order valence-electron chi connectivity index (χ0n) is 12.7. The van der Waals surface area contributed by atoms with E-state index in [4.69, 9.17) is 4.99 Å². The standard InChI is InChI=1S/C18H24N2/c1-4-15-14-17(16-10-8-7-9-11-16)12-13-19-18(15)20(5-2)6-3/h7-15H,4-6H2,1-3H3/t15-/m0/s1. The van der Waals surface area contributed by atoms with Crippen molar-refractivity contribution in [2.75, 3.05) is 13.1 Å². The second-order valence-electron chi connectivity index (χ2n) is 4.98. The van der Waals surface area contributed by atoms with Gasteiger partial charge in [0.1, 0.15) is 5.84 Å². The van der Waals surface area contributed by atoms with Crippen LogP contribution in [0.5, 0.6) is 0 Å². The van der Waals surface area contributed by atoms with Crippen molar-refractivity contribution in [2.24, 2.45) is 10.9 Å². The Kier molecular flexibility index (Phi) is 5.16. The fraction of sp³-hybridized carbons (Fsp3) is 0.389. The minimum atomic E-state index is 0.389. The summed E-state index contributed by atoms with van der Waals surface area (Å²) in [5.41, 5.74) is 2.53. The topological polar surface area (TPSA) is 15.6 Å². The third kappa shape index (κ3) is 3.19. The van der Waals surface area contributed by atoms with Crippen LogP contribution in [-0.4, -0.2) is 23.8 Å². The van der Waals surface area contributed by atoms with Crippen LogP contribution in [0.3, 0.4) is 0 Å². The molecule has 0 spiro atoms. The molecule has 1 atom stereocenters. The van der Waals surface area contributed by atoms with Crippen LogP contribution in [0.1, 0.15) is 32.8 Å². The number of nitrogens with zero attached hydrogens (tertiary/aromatic N) is 2. The number of allylic oxidation sites excluding steroid dienone is 2. The van der Waals surface area contributed by atoms with Crippen molar-refractivity contribution < 1.29 is 0 Å². The van der Waals surface area contributed by atoms with Crippen LogP contribution in [-0.2, 0) is 0 Å². The summed E-state index contributed by atoms with van der Waals surface area (Å²) in [7, 11) is 0. The number of amidine groups is 1. The molecular formula is C18H24N2. The van der Waals surface area contributed by atoms with Gasteiger partial charge < -0.3 is 4.90 Å². The molecule has 0 aromatic heterocycles. The van der Waals surface area contributed by atoms with Gasteiger partial charge in [0.25, 0.3) is 0 Å². The Morgan fingerprint density at radius 3 is 2.35 bits per heavy atom. The number of aliphatic imine (C=N–C) groups is 1. The molecule has 106 valence electrons. The van der Waals surface area contributed by atoms with Crippen LogP contribution in [0.2, 0.25) is 0 Å². The molecule has 2 nitrogen and oxygen atoms in total. The van der Waals surface area contributed by atoms with E-state index in [0.717, 1.165) is 19.5 Å². The molecule has 1 aromatic carbocycles. The fourth-order valence-electron chi connectivity index (χ4n) is 2.62. The molecule has 0 radical (unpaired) electrons. The molecule has 1 aliphatic heterocycles. The highest BCUT2D eigenvalue weighted by molar-refractivity contribution is 5.90. The molecule has 0 unspecified atom stereocenters. The van der Waals surface area contributed by atoms with Crippen LogP contribution in [0.4, 0.5) is 0 Å². The van der Waals surface area contributed by atoms with Gasteiger partial charge in [0.05, 0.1) is 0 Å². The van der Waals surface area contributed by atoms with Crippen LogP contribution in [0, 0.1) is 5.92 Å². The molecule has 0 aliphatic carbocycles. The van der Waals surface area contributed by atoms with E-state index < -0.39 is 0 Å². The molecule has 0 saturated carbocycles. The lowest BCUT2D eigenvalue weighted by molar-refractivity contribution is 0.441. The van der Waals surface area contributed by atoms with E-state index in [2.05, 4.69) is 68.2 Å². The van der Waals surface area contributed by atoms with E-state index in [-0.39, 0.29) is 0 Å². The zero-order chi connectivity index (χ0) is 14.4. The van der Waals surface area contributed by atoms with Gasteiger partial charge in [-0.25, -0.2) is 4.99 Å². The second-order valence-corrected chi connectivity index (χ2v) is 4.98. The molecule has 0 fully saturated rings. The van der Waals surface area contributed by atoms with Gasteiger partial charge in [0.2, 0.25) is 0 Å². The Labute approximate surface area is 122 Å². The Balaban J connectivity index is 2.33. The Morgan fingerprint density at radius 2 is 1.75 bits per heavy atom. The average molecular weight is 268 g/mol. The summed E-state index contributed by atoms with van der Waals surface area (Å²) in [6.45, 7) is 8.63. The summed E-state index contributed by atoms with van der Waals surface area (Å²) in [5.74, 6) is 1.58. The average Bonchev–Trinajstić information content (AvgIpc) is 2.72. The van der Waals surface area contributed by atoms with Gasteiger partial charge in [0.15, 0.2) is 0 Å². The van der Waals surface area contributed by atoms with E-state index in [9.17, 15) is 0 Å². The lowest BCUT2D eigenvalue weighted by Crippen LogP contribution is -2.35. The summed E-state index contributed by atoms with van der Waals surface area (Å²) >= 11 is 0. The van der Waals surface area contributed by atoms with Gasteiger partial charge in [-0.2, -0.15) is 0 Å². The number of benzene rings is 1. The molecule has 2 heteroatoms. The fourth-order valence-corrected chi connectivity index (χ4v) is 2.62. The minimum Gasteiger partial charge on any atom is -0.360 e.